The summed E-state index contributed by atoms with van der Waals surface area (Å²) in [7, 11) is 0. The third-order valence-corrected chi connectivity index (χ3v) is 3.06. The van der Waals surface area contributed by atoms with E-state index in [4.69, 9.17) is 0 Å². The van der Waals surface area contributed by atoms with E-state index in [0.717, 1.165) is 4.90 Å². The van der Waals surface area contributed by atoms with E-state index in [0.29, 0.717) is 31.0 Å². The smallest absolute Gasteiger partial charge is 0.331 e. The Balaban J connectivity index is 2.31. The van der Waals surface area contributed by atoms with Gasteiger partial charge in [-0.25, -0.2) is 4.39 Å². The van der Waals surface area contributed by atoms with Gasteiger partial charge in [-0.1, -0.05) is 0 Å². The van der Waals surface area contributed by atoms with E-state index < -0.39 is 29.0 Å². The Kier molecular flexibility index (Phi) is 3.78. The zero-order valence-electron chi connectivity index (χ0n) is 10.3. The van der Waals surface area contributed by atoms with Crippen molar-refractivity contribution >= 4 is 11.7 Å². The van der Waals surface area contributed by atoms with Gasteiger partial charge in [0.15, 0.2) is 5.78 Å². The summed E-state index contributed by atoms with van der Waals surface area (Å²) < 4.78 is 51.3. The molecule has 7 heteroatoms. The van der Waals surface area contributed by atoms with Gasteiger partial charge in [0.2, 0.25) is 0 Å². The van der Waals surface area contributed by atoms with E-state index >= 15 is 0 Å². The van der Waals surface area contributed by atoms with Crippen LogP contribution in [0.4, 0.5) is 17.6 Å². The van der Waals surface area contributed by atoms with Crippen molar-refractivity contribution in [2.24, 2.45) is 0 Å². The molecule has 1 fully saturated rings. The van der Waals surface area contributed by atoms with Crippen molar-refractivity contribution in [3.05, 3.63) is 35.1 Å². The minimum atomic E-state index is -4.65. The summed E-state index contributed by atoms with van der Waals surface area (Å²) in [5.74, 6) is -2.10. The van der Waals surface area contributed by atoms with Crippen molar-refractivity contribution in [2.75, 3.05) is 13.1 Å². The maximum absolute atomic E-state index is 13.6. The molecule has 0 N–H and O–H groups in total. The number of hydrogen-bond acceptors (Lipinski definition) is 2. The number of piperidine rings is 1. The van der Waals surface area contributed by atoms with Gasteiger partial charge in [0.05, 0.1) is 17.7 Å². The number of carbonyl (C=O) groups is 2. The molecule has 1 aromatic carbocycles. The highest BCUT2D eigenvalue weighted by Gasteiger charge is 2.33. The SMILES string of the molecule is O=C1CCCN(C(=O)c2cc(C(F)(F)F)ccc2F)C1. The molecule has 0 atom stereocenters. The highest BCUT2D eigenvalue weighted by Crippen LogP contribution is 2.30. The highest BCUT2D eigenvalue weighted by atomic mass is 19.4. The predicted octanol–water partition coefficient (Wildman–Crippen LogP) is 2.65. The minimum absolute atomic E-state index is 0.183. The van der Waals surface area contributed by atoms with Gasteiger partial charge in [-0.3, -0.25) is 9.59 Å². The van der Waals surface area contributed by atoms with E-state index in [1.165, 1.54) is 0 Å². The molecule has 1 aliphatic heterocycles. The number of rotatable bonds is 1. The summed E-state index contributed by atoms with van der Waals surface area (Å²) in [6, 6.07) is 1.67. The van der Waals surface area contributed by atoms with Gasteiger partial charge < -0.3 is 4.90 Å². The van der Waals surface area contributed by atoms with Crippen LogP contribution in [0.1, 0.15) is 28.8 Å². The summed E-state index contributed by atoms with van der Waals surface area (Å²) >= 11 is 0. The Labute approximate surface area is 112 Å². The summed E-state index contributed by atoms with van der Waals surface area (Å²) in [5, 5.41) is 0. The Morgan fingerprint density at radius 3 is 2.55 bits per heavy atom. The lowest BCUT2D eigenvalue weighted by Crippen LogP contribution is -2.40. The second-order valence-electron chi connectivity index (χ2n) is 4.56. The van der Waals surface area contributed by atoms with Crippen LogP contribution < -0.4 is 0 Å². The van der Waals surface area contributed by atoms with Crippen LogP contribution in [0, 0.1) is 5.82 Å². The Bertz CT molecular complexity index is 554. The number of alkyl halides is 3. The first-order chi connectivity index (χ1) is 9.29. The summed E-state index contributed by atoms with van der Waals surface area (Å²) in [5.41, 5.74) is -1.75. The lowest BCUT2D eigenvalue weighted by atomic mass is 10.1. The van der Waals surface area contributed by atoms with Crippen molar-refractivity contribution in [3.8, 4) is 0 Å². The molecule has 0 radical (unpaired) electrons. The van der Waals surface area contributed by atoms with Crippen molar-refractivity contribution in [2.45, 2.75) is 19.0 Å². The largest absolute Gasteiger partial charge is 0.416 e. The zero-order chi connectivity index (χ0) is 14.9. The molecule has 0 bridgehead atoms. The molecule has 0 spiro atoms. The first-order valence-corrected chi connectivity index (χ1v) is 5.97. The second-order valence-corrected chi connectivity index (χ2v) is 4.56. The zero-order valence-corrected chi connectivity index (χ0v) is 10.3. The summed E-state index contributed by atoms with van der Waals surface area (Å²) in [6.45, 7) is 0.0504. The highest BCUT2D eigenvalue weighted by molar-refractivity contribution is 5.97. The molecule has 0 unspecified atom stereocenters. The maximum atomic E-state index is 13.6. The molecule has 1 saturated heterocycles. The number of carbonyl (C=O) groups excluding carboxylic acids is 2. The van der Waals surface area contributed by atoms with E-state index in [1.54, 1.807) is 0 Å². The normalized spacial score (nSPS) is 16.4. The first-order valence-electron chi connectivity index (χ1n) is 5.97. The molecule has 0 aromatic heterocycles. The van der Waals surface area contributed by atoms with Crippen molar-refractivity contribution in [1.29, 1.82) is 0 Å². The van der Waals surface area contributed by atoms with Crippen LogP contribution in [-0.4, -0.2) is 29.7 Å². The van der Waals surface area contributed by atoms with Crippen LogP contribution in [0.2, 0.25) is 0 Å². The number of amides is 1. The number of Topliss-reactive ketones (excluding diaryl/α,β-unsaturated/α-hetero) is 1. The van der Waals surface area contributed by atoms with Gasteiger partial charge in [-0.05, 0) is 24.6 Å². The molecule has 1 aromatic rings. The average Bonchev–Trinajstić information content (AvgIpc) is 2.37. The fourth-order valence-corrected chi connectivity index (χ4v) is 2.05. The number of halogens is 4. The molecule has 2 rings (SSSR count). The number of benzene rings is 1. The van der Waals surface area contributed by atoms with E-state index in [1.807, 2.05) is 0 Å². The van der Waals surface area contributed by atoms with Gasteiger partial charge in [0, 0.05) is 13.0 Å². The van der Waals surface area contributed by atoms with Gasteiger partial charge in [0.25, 0.3) is 5.91 Å². The first kappa shape index (κ1) is 14.5. The molecule has 108 valence electrons. The summed E-state index contributed by atoms with van der Waals surface area (Å²) in [4.78, 5) is 24.3. The quantitative estimate of drug-likeness (QED) is 0.745. The minimum Gasteiger partial charge on any atom is -0.331 e. The number of hydrogen-bond donors (Lipinski definition) is 0. The topological polar surface area (TPSA) is 37.4 Å². The van der Waals surface area contributed by atoms with Crippen LogP contribution >= 0.6 is 0 Å². The third kappa shape index (κ3) is 2.97. The maximum Gasteiger partial charge on any atom is 0.416 e. The van der Waals surface area contributed by atoms with Gasteiger partial charge in [0.1, 0.15) is 5.82 Å². The molecule has 3 nitrogen and oxygen atoms in total. The second kappa shape index (κ2) is 5.22. The molecule has 0 aliphatic carbocycles. The van der Waals surface area contributed by atoms with E-state index in [-0.39, 0.29) is 18.9 Å². The molecular formula is C13H11F4NO2. The Hall–Kier alpha value is -1.92. The molecular weight excluding hydrogens is 278 g/mol. The van der Waals surface area contributed by atoms with Crippen LogP contribution in [0.3, 0.4) is 0 Å². The molecule has 20 heavy (non-hydrogen) atoms. The summed E-state index contributed by atoms with van der Waals surface area (Å²) in [6.07, 6.45) is -3.89. The monoisotopic (exact) mass is 289 g/mol. The van der Waals surface area contributed by atoms with Gasteiger partial charge in [-0.2, -0.15) is 13.2 Å². The van der Waals surface area contributed by atoms with Gasteiger partial charge >= 0.3 is 6.18 Å². The fourth-order valence-electron chi connectivity index (χ4n) is 2.05. The average molecular weight is 289 g/mol. The fraction of sp³-hybridized carbons (Fsp3) is 0.385. The molecule has 1 aliphatic rings. The van der Waals surface area contributed by atoms with Crippen molar-refractivity contribution < 1.29 is 27.2 Å². The van der Waals surface area contributed by atoms with Gasteiger partial charge in [-0.15, -0.1) is 0 Å². The molecule has 0 saturated carbocycles. The third-order valence-electron chi connectivity index (χ3n) is 3.06. The van der Waals surface area contributed by atoms with Crippen LogP contribution in [0.5, 0.6) is 0 Å². The van der Waals surface area contributed by atoms with Crippen LogP contribution in [0.15, 0.2) is 18.2 Å². The lowest BCUT2D eigenvalue weighted by molar-refractivity contribution is -0.137. The number of ketones is 1. The predicted molar refractivity (Wildman–Crippen MR) is 61.5 cm³/mol. The Morgan fingerprint density at radius 2 is 1.95 bits per heavy atom. The molecule has 1 heterocycles. The van der Waals surface area contributed by atoms with E-state index in [2.05, 4.69) is 0 Å². The number of nitrogens with zero attached hydrogens (tertiary/aromatic N) is 1. The van der Waals surface area contributed by atoms with Crippen molar-refractivity contribution in [3.63, 3.8) is 0 Å². The number of likely N-dealkylation sites (tertiary alicyclic amines) is 1. The van der Waals surface area contributed by atoms with Crippen LogP contribution in [-0.2, 0) is 11.0 Å². The Morgan fingerprint density at radius 1 is 1.25 bits per heavy atom. The van der Waals surface area contributed by atoms with E-state index in [9.17, 15) is 27.2 Å². The van der Waals surface area contributed by atoms with Crippen LogP contribution in [0.25, 0.3) is 0 Å². The van der Waals surface area contributed by atoms with Crippen molar-refractivity contribution in [1.82, 2.24) is 4.90 Å². The lowest BCUT2D eigenvalue weighted by Gasteiger charge is -2.26. The standard InChI is InChI=1S/C13H11F4NO2/c14-11-4-3-8(13(15,16)17)6-10(11)12(20)18-5-1-2-9(19)7-18/h3-4,6H,1-2,5,7H2. The molecule has 1 amide bonds.